The summed E-state index contributed by atoms with van der Waals surface area (Å²) >= 11 is 0. The molecule has 0 atom stereocenters. The van der Waals surface area contributed by atoms with Gasteiger partial charge < -0.3 is 10.2 Å². The van der Waals surface area contributed by atoms with E-state index in [0.29, 0.717) is 5.70 Å². The molecule has 0 amide bonds. The summed E-state index contributed by atoms with van der Waals surface area (Å²) in [7, 11) is 0. The number of pyridine rings is 1. The normalized spacial score (nSPS) is 14.3. The van der Waals surface area contributed by atoms with E-state index in [9.17, 15) is 0 Å². The first-order valence-electron chi connectivity index (χ1n) is 11.4. The first kappa shape index (κ1) is 24.1. The Kier molecular flexibility index (Phi) is 9.59. The zero-order valence-electron chi connectivity index (χ0n) is 19.5. The summed E-state index contributed by atoms with van der Waals surface area (Å²) in [5, 5.41) is 16.1. The second-order valence-corrected chi connectivity index (χ2v) is 7.85. The molecule has 3 rings (SSSR count). The van der Waals surface area contributed by atoms with E-state index in [-0.39, 0.29) is 0 Å². The number of aromatic nitrogens is 3. The van der Waals surface area contributed by atoms with E-state index in [4.69, 9.17) is 0 Å². The van der Waals surface area contributed by atoms with Gasteiger partial charge in [-0.15, -0.1) is 5.10 Å². The number of hydrogen-bond acceptors (Lipinski definition) is 8. The topological polar surface area (TPSA) is 109 Å². The molecule has 0 bridgehead atoms. The van der Waals surface area contributed by atoms with Crippen LogP contribution in [0.4, 0.5) is 11.5 Å². The van der Waals surface area contributed by atoms with Crippen LogP contribution < -0.4 is 10.7 Å². The van der Waals surface area contributed by atoms with Crippen molar-refractivity contribution in [1.29, 1.82) is 0 Å². The van der Waals surface area contributed by atoms with Gasteiger partial charge in [0.15, 0.2) is 0 Å². The van der Waals surface area contributed by atoms with Crippen molar-refractivity contribution in [2.24, 2.45) is 21.0 Å². The van der Waals surface area contributed by atoms with E-state index in [1.165, 1.54) is 32.1 Å². The van der Waals surface area contributed by atoms with Gasteiger partial charge in [0.2, 0.25) is 0 Å². The van der Waals surface area contributed by atoms with E-state index in [2.05, 4.69) is 59.6 Å². The molecule has 0 radical (unpaired) electrons. The molecule has 2 heterocycles. The first-order valence-corrected chi connectivity index (χ1v) is 11.4. The third kappa shape index (κ3) is 8.15. The van der Waals surface area contributed by atoms with E-state index in [0.717, 1.165) is 42.6 Å². The summed E-state index contributed by atoms with van der Waals surface area (Å²) in [6, 6.07) is 3.90. The van der Waals surface area contributed by atoms with Crippen LogP contribution in [0.1, 0.15) is 38.7 Å². The Hall–Kier alpha value is -3.53. The number of nitrogens with zero attached hydrogens (tertiary/aromatic N) is 7. The van der Waals surface area contributed by atoms with Crippen molar-refractivity contribution in [1.82, 2.24) is 25.2 Å². The molecule has 0 unspecified atom stereocenters. The quantitative estimate of drug-likeness (QED) is 0.217. The van der Waals surface area contributed by atoms with Gasteiger partial charge >= 0.3 is 0 Å². The summed E-state index contributed by atoms with van der Waals surface area (Å²) in [5.41, 5.74) is 5.47. The van der Waals surface area contributed by atoms with Crippen molar-refractivity contribution in [3.05, 3.63) is 42.5 Å². The molecule has 2 aromatic rings. The minimum Gasteiger partial charge on any atom is -0.369 e. The van der Waals surface area contributed by atoms with Crippen LogP contribution in [0.25, 0.3) is 5.70 Å². The molecular weight excluding hydrogens is 416 g/mol. The predicted octanol–water partition coefficient (Wildman–Crippen LogP) is 3.70. The summed E-state index contributed by atoms with van der Waals surface area (Å²) in [6.07, 6.45) is 13.9. The van der Waals surface area contributed by atoms with Crippen molar-refractivity contribution in [2.75, 3.05) is 36.9 Å². The fraction of sp³-hybridized carbons (Fsp3) is 0.435. The minimum atomic E-state index is 0.677. The zero-order chi connectivity index (χ0) is 23.3. The van der Waals surface area contributed by atoms with Crippen LogP contribution in [0, 0.1) is 5.92 Å². The van der Waals surface area contributed by atoms with Gasteiger partial charge in [0.05, 0.1) is 24.3 Å². The van der Waals surface area contributed by atoms with Crippen LogP contribution in [-0.4, -0.2) is 70.6 Å². The highest BCUT2D eigenvalue weighted by Gasteiger charge is 2.23. The molecule has 0 aliphatic heterocycles. The smallest absolute Gasteiger partial charge is 0.137 e. The average molecular weight is 451 g/mol. The highest BCUT2D eigenvalue weighted by Crippen LogP contribution is 2.29. The molecule has 176 valence electrons. The van der Waals surface area contributed by atoms with Gasteiger partial charge in [-0.05, 0) is 57.5 Å². The highest BCUT2D eigenvalue weighted by atomic mass is 15.7. The Bertz CT molecular complexity index is 913. The molecule has 2 aromatic heterocycles. The van der Waals surface area contributed by atoms with Crippen molar-refractivity contribution < 1.29 is 0 Å². The van der Waals surface area contributed by atoms with E-state index < -0.39 is 0 Å². The van der Waals surface area contributed by atoms with Crippen molar-refractivity contribution >= 4 is 36.5 Å². The number of hydrazone groups is 1. The lowest BCUT2D eigenvalue weighted by Crippen LogP contribution is -2.31. The number of hydrogen-bond donors (Lipinski definition) is 3. The average Bonchev–Trinajstić information content (AvgIpc) is 3.48. The lowest BCUT2D eigenvalue weighted by atomic mass is 10.3. The molecule has 1 aliphatic rings. The number of anilines is 2. The maximum absolute atomic E-state index is 4.54. The van der Waals surface area contributed by atoms with E-state index >= 15 is 0 Å². The van der Waals surface area contributed by atoms with Crippen LogP contribution in [0.2, 0.25) is 0 Å². The Morgan fingerprint density at radius 2 is 2.18 bits per heavy atom. The standard InChI is InChI=1S/C23H34N10/c1-4-11-32(17-19-6-7-19)12-10-26-23-9-8-21(15-27-23)31-33(30-18-24-3)22(16-25-5-2)20-13-28-29-14-20/h5,8-9,13-16,18-19,31H,3-4,6-7,10-12,17H2,1-2H3,(H,26,27)(H,28,29)/b22-16-,25-5?,30-18-. The molecule has 33 heavy (non-hydrogen) atoms. The van der Waals surface area contributed by atoms with Crippen LogP contribution in [0.3, 0.4) is 0 Å². The van der Waals surface area contributed by atoms with Gasteiger partial charge in [-0.25, -0.2) is 4.98 Å². The highest BCUT2D eigenvalue weighted by molar-refractivity contribution is 5.69. The minimum absolute atomic E-state index is 0.677. The van der Waals surface area contributed by atoms with Crippen molar-refractivity contribution in [2.45, 2.75) is 33.1 Å². The van der Waals surface area contributed by atoms with E-state index in [1.807, 2.05) is 19.1 Å². The summed E-state index contributed by atoms with van der Waals surface area (Å²) in [4.78, 5) is 15.0. The number of hydrazine groups is 1. The van der Waals surface area contributed by atoms with Crippen LogP contribution >= 0.6 is 0 Å². The molecule has 3 N–H and O–H groups in total. The molecule has 0 aromatic carbocycles. The van der Waals surface area contributed by atoms with Gasteiger partial charge in [0.1, 0.15) is 17.9 Å². The summed E-state index contributed by atoms with van der Waals surface area (Å²) in [6.45, 7) is 11.8. The Labute approximate surface area is 195 Å². The fourth-order valence-corrected chi connectivity index (χ4v) is 3.33. The van der Waals surface area contributed by atoms with Crippen molar-refractivity contribution in [3.63, 3.8) is 0 Å². The molecule has 0 spiro atoms. The number of aromatic amines is 1. The SMILES string of the molecule is C=N/C=N\N(Nc1ccc(NCCN(CCC)CC2CC2)nc1)/C(=C\N=CC)c1cn[nH]c1. The molecule has 10 nitrogen and oxygen atoms in total. The third-order valence-electron chi connectivity index (χ3n) is 5.10. The van der Waals surface area contributed by atoms with E-state index in [1.54, 1.807) is 36.1 Å². The molecule has 0 saturated heterocycles. The third-order valence-corrected chi connectivity index (χ3v) is 5.10. The van der Waals surface area contributed by atoms with Crippen LogP contribution in [0.5, 0.6) is 0 Å². The number of nitrogens with one attached hydrogen (secondary N) is 3. The van der Waals surface area contributed by atoms with Gasteiger partial charge in [-0.1, -0.05) is 6.92 Å². The fourth-order valence-electron chi connectivity index (χ4n) is 3.33. The summed E-state index contributed by atoms with van der Waals surface area (Å²) < 4.78 is 0. The van der Waals surface area contributed by atoms with Gasteiger partial charge in [0, 0.05) is 37.6 Å². The maximum Gasteiger partial charge on any atom is 0.137 e. The van der Waals surface area contributed by atoms with Gasteiger partial charge in [-0.2, -0.15) is 10.2 Å². The lowest BCUT2D eigenvalue weighted by molar-refractivity contribution is 0.273. The lowest BCUT2D eigenvalue weighted by Gasteiger charge is -2.23. The maximum atomic E-state index is 4.54. The summed E-state index contributed by atoms with van der Waals surface area (Å²) in [5.74, 6) is 1.75. The Morgan fingerprint density at radius 3 is 2.82 bits per heavy atom. The second-order valence-electron chi connectivity index (χ2n) is 7.85. The monoisotopic (exact) mass is 450 g/mol. The molecule has 1 fully saturated rings. The largest absolute Gasteiger partial charge is 0.369 e. The molecular formula is C23H34N10. The number of rotatable bonds is 15. The Morgan fingerprint density at radius 1 is 1.30 bits per heavy atom. The molecule has 10 heteroatoms. The molecule has 1 aliphatic carbocycles. The first-order chi connectivity index (χ1) is 16.2. The van der Waals surface area contributed by atoms with Gasteiger partial charge in [-0.3, -0.25) is 20.5 Å². The number of aliphatic imine (C=N–C) groups is 2. The van der Waals surface area contributed by atoms with Crippen LogP contribution in [-0.2, 0) is 0 Å². The Balaban J connectivity index is 1.61. The zero-order valence-corrected chi connectivity index (χ0v) is 19.5. The van der Waals surface area contributed by atoms with Gasteiger partial charge in [0.25, 0.3) is 0 Å². The predicted molar refractivity (Wildman–Crippen MR) is 136 cm³/mol. The van der Waals surface area contributed by atoms with Crippen LogP contribution in [0.15, 0.2) is 52.0 Å². The van der Waals surface area contributed by atoms with Crippen molar-refractivity contribution in [3.8, 4) is 0 Å². The molecule has 1 saturated carbocycles. The number of H-pyrrole nitrogens is 1. The second kappa shape index (κ2) is 13.1.